The molecule has 2 rings (SSSR count). The zero-order valence-electron chi connectivity index (χ0n) is 16.5. The van der Waals surface area contributed by atoms with Crippen LogP contribution >= 0.6 is 35.3 Å². The molecular weight excluding hydrogens is 473 g/mol. The van der Waals surface area contributed by atoms with Crippen LogP contribution in [0, 0.1) is 0 Å². The van der Waals surface area contributed by atoms with E-state index in [0.29, 0.717) is 5.96 Å². The van der Waals surface area contributed by atoms with Crippen LogP contribution in [0.3, 0.4) is 0 Å². The summed E-state index contributed by atoms with van der Waals surface area (Å²) in [6.07, 6.45) is 1.88. The minimum Gasteiger partial charge on any atom is -0.357 e. The third kappa shape index (κ3) is 8.87. The van der Waals surface area contributed by atoms with Crippen LogP contribution < -0.4 is 16.0 Å². The second-order valence-electron chi connectivity index (χ2n) is 7.10. The Morgan fingerprint density at radius 2 is 1.96 bits per heavy atom. The van der Waals surface area contributed by atoms with Crippen molar-refractivity contribution < 1.29 is 4.79 Å². The molecule has 27 heavy (non-hydrogen) atoms. The van der Waals surface area contributed by atoms with E-state index in [-0.39, 0.29) is 42.0 Å². The molecule has 0 aliphatic rings. The number of guanidine groups is 1. The first-order valence-corrected chi connectivity index (χ1v) is 9.86. The van der Waals surface area contributed by atoms with Gasteiger partial charge in [-0.2, -0.15) is 0 Å². The van der Waals surface area contributed by atoms with Crippen molar-refractivity contribution in [3.8, 4) is 0 Å². The van der Waals surface area contributed by atoms with E-state index in [1.54, 1.807) is 11.3 Å². The highest BCUT2D eigenvalue weighted by atomic mass is 127. The summed E-state index contributed by atoms with van der Waals surface area (Å²) in [5.74, 6) is 0.588. The fourth-order valence-corrected chi connectivity index (χ4v) is 3.43. The third-order valence-electron chi connectivity index (χ3n) is 3.44. The molecule has 150 valence electrons. The number of carbonyl (C=O) groups is 1. The number of fused-ring (bicyclic) bond motifs is 1. The number of halogens is 1. The van der Waals surface area contributed by atoms with Gasteiger partial charge in [0.2, 0.25) is 5.91 Å². The van der Waals surface area contributed by atoms with Crippen LogP contribution in [0.4, 0.5) is 0 Å². The SMILES string of the molecule is CCNC(=NCC(=O)NC(C)(C)C)NCCCc1nc2ccccc2s1.I. The minimum absolute atomic E-state index is 0. The molecular formula is C19H30IN5OS. The van der Waals surface area contributed by atoms with Gasteiger partial charge in [-0.15, -0.1) is 35.3 Å². The van der Waals surface area contributed by atoms with Gasteiger partial charge in [0, 0.05) is 25.0 Å². The molecule has 3 N–H and O–H groups in total. The Balaban J connectivity index is 0.00000364. The van der Waals surface area contributed by atoms with Gasteiger partial charge in [0.15, 0.2) is 5.96 Å². The molecule has 0 aliphatic carbocycles. The van der Waals surface area contributed by atoms with Crippen LogP contribution in [0.15, 0.2) is 29.3 Å². The number of carbonyl (C=O) groups excluding carboxylic acids is 1. The van der Waals surface area contributed by atoms with Gasteiger partial charge >= 0.3 is 0 Å². The van der Waals surface area contributed by atoms with Gasteiger partial charge in [0.05, 0.1) is 15.2 Å². The Morgan fingerprint density at radius 3 is 2.63 bits per heavy atom. The van der Waals surface area contributed by atoms with Crippen LogP contribution in [0.2, 0.25) is 0 Å². The van der Waals surface area contributed by atoms with E-state index < -0.39 is 0 Å². The van der Waals surface area contributed by atoms with E-state index in [9.17, 15) is 4.79 Å². The monoisotopic (exact) mass is 503 g/mol. The molecule has 0 atom stereocenters. The summed E-state index contributed by atoms with van der Waals surface area (Å²) in [7, 11) is 0. The van der Waals surface area contributed by atoms with Crippen molar-refractivity contribution in [1.29, 1.82) is 0 Å². The summed E-state index contributed by atoms with van der Waals surface area (Å²) in [6.45, 7) is 9.53. The molecule has 1 aromatic heterocycles. The summed E-state index contributed by atoms with van der Waals surface area (Å²) in [5, 5.41) is 10.5. The zero-order chi connectivity index (χ0) is 19.0. The second-order valence-corrected chi connectivity index (χ2v) is 8.21. The number of hydrogen-bond acceptors (Lipinski definition) is 4. The van der Waals surface area contributed by atoms with Crippen LogP contribution in [0.25, 0.3) is 10.2 Å². The number of nitrogens with one attached hydrogen (secondary N) is 3. The highest BCUT2D eigenvalue weighted by Crippen LogP contribution is 2.22. The quantitative estimate of drug-likeness (QED) is 0.235. The lowest BCUT2D eigenvalue weighted by atomic mass is 10.1. The topological polar surface area (TPSA) is 78.4 Å². The third-order valence-corrected chi connectivity index (χ3v) is 4.53. The maximum absolute atomic E-state index is 11.9. The first-order valence-electron chi connectivity index (χ1n) is 9.05. The van der Waals surface area contributed by atoms with Gasteiger partial charge in [-0.3, -0.25) is 4.79 Å². The van der Waals surface area contributed by atoms with E-state index in [1.165, 1.54) is 4.70 Å². The van der Waals surface area contributed by atoms with E-state index in [1.807, 2.05) is 45.9 Å². The summed E-state index contributed by atoms with van der Waals surface area (Å²) in [6, 6.07) is 8.21. The Bertz CT molecular complexity index is 721. The minimum atomic E-state index is -0.240. The van der Waals surface area contributed by atoms with Crippen molar-refractivity contribution in [3.05, 3.63) is 29.3 Å². The molecule has 0 radical (unpaired) electrons. The highest BCUT2D eigenvalue weighted by molar-refractivity contribution is 14.0. The summed E-state index contributed by atoms with van der Waals surface area (Å²) in [4.78, 5) is 20.9. The van der Waals surface area contributed by atoms with Crippen LogP contribution in [-0.4, -0.2) is 42.0 Å². The predicted octanol–water partition coefficient (Wildman–Crippen LogP) is 3.32. The normalized spacial score (nSPS) is 11.8. The van der Waals surface area contributed by atoms with Crippen molar-refractivity contribution in [3.63, 3.8) is 0 Å². The van der Waals surface area contributed by atoms with E-state index in [0.717, 1.165) is 36.5 Å². The van der Waals surface area contributed by atoms with Crippen molar-refractivity contribution in [2.45, 2.75) is 46.1 Å². The maximum atomic E-state index is 11.9. The maximum Gasteiger partial charge on any atom is 0.242 e. The number of thiazole rings is 1. The molecule has 1 aromatic carbocycles. The lowest BCUT2D eigenvalue weighted by Gasteiger charge is -2.20. The average Bonchev–Trinajstić information content (AvgIpc) is 2.97. The lowest BCUT2D eigenvalue weighted by molar-refractivity contribution is -0.121. The number of aromatic nitrogens is 1. The summed E-state index contributed by atoms with van der Waals surface area (Å²) >= 11 is 1.75. The molecule has 2 aromatic rings. The second kappa shape index (κ2) is 11.4. The summed E-state index contributed by atoms with van der Waals surface area (Å²) < 4.78 is 1.23. The number of rotatable bonds is 7. The van der Waals surface area contributed by atoms with Gasteiger partial charge in [0.1, 0.15) is 6.54 Å². The Labute approximate surface area is 182 Å². The lowest BCUT2D eigenvalue weighted by Crippen LogP contribution is -2.43. The number of aryl methyl sites for hydroxylation is 1. The van der Waals surface area contributed by atoms with Crippen LogP contribution in [0.5, 0.6) is 0 Å². The molecule has 0 saturated carbocycles. The molecule has 0 bridgehead atoms. The average molecular weight is 503 g/mol. The van der Waals surface area contributed by atoms with Crippen molar-refractivity contribution in [2.75, 3.05) is 19.6 Å². The molecule has 6 nitrogen and oxygen atoms in total. The number of benzene rings is 1. The fourth-order valence-electron chi connectivity index (χ4n) is 2.42. The fraction of sp³-hybridized carbons (Fsp3) is 0.526. The van der Waals surface area contributed by atoms with Gasteiger partial charge in [-0.25, -0.2) is 9.98 Å². The molecule has 0 aliphatic heterocycles. The molecule has 0 saturated heterocycles. The molecule has 1 heterocycles. The van der Waals surface area contributed by atoms with Crippen molar-refractivity contribution in [1.82, 2.24) is 20.9 Å². The largest absolute Gasteiger partial charge is 0.357 e. The number of para-hydroxylation sites is 1. The van der Waals surface area contributed by atoms with E-state index in [2.05, 4.69) is 32.0 Å². The van der Waals surface area contributed by atoms with Crippen molar-refractivity contribution in [2.24, 2.45) is 4.99 Å². The Hall–Kier alpha value is -1.42. The highest BCUT2D eigenvalue weighted by Gasteiger charge is 2.13. The molecule has 8 heteroatoms. The molecule has 0 unspecified atom stereocenters. The zero-order valence-corrected chi connectivity index (χ0v) is 19.6. The van der Waals surface area contributed by atoms with Gasteiger partial charge in [-0.05, 0) is 46.2 Å². The van der Waals surface area contributed by atoms with Gasteiger partial charge < -0.3 is 16.0 Å². The number of aliphatic imine (C=N–C) groups is 1. The first kappa shape index (κ1) is 23.6. The molecule has 0 spiro atoms. The smallest absolute Gasteiger partial charge is 0.242 e. The Morgan fingerprint density at radius 1 is 1.22 bits per heavy atom. The predicted molar refractivity (Wildman–Crippen MR) is 125 cm³/mol. The van der Waals surface area contributed by atoms with E-state index >= 15 is 0 Å². The number of amides is 1. The number of hydrogen-bond donors (Lipinski definition) is 3. The van der Waals surface area contributed by atoms with Crippen molar-refractivity contribution >= 4 is 57.4 Å². The first-order chi connectivity index (χ1) is 12.4. The summed E-state index contributed by atoms with van der Waals surface area (Å²) in [5.41, 5.74) is 0.829. The van der Waals surface area contributed by atoms with E-state index in [4.69, 9.17) is 0 Å². The number of nitrogens with zero attached hydrogens (tertiary/aromatic N) is 2. The van der Waals surface area contributed by atoms with Crippen LogP contribution in [-0.2, 0) is 11.2 Å². The Kier molecular flexibility index (Phi) is 10.00. The standard InChI is InChI=1S/C19H29N5OS.HI/c1-5-20-18(22-13-16(25)24-19(2,3)4)21-12-8-11-17-23-14-9-6-7-10-15(14)26-17;/h6-7,9-10H,5,8,11-13H2,1-4H3,(H,24,25)(H2,20,21,22);1H. The molecule has 0 fully saturated rings. The van der Waals surface area contributed by atoms with Gasteiger partial charge in [0.25, 0.3) is 0 Å². The molecule has 1 amide bonds. The van der Waals surface area contributed by atoms with Crippen LogP contribution in [0.1, 0.15) is 39.1 Å². The van der Waals surface area contributed by atoms with Gasteiger partial charge in [-0.1, -0.05) is 12.1 Å².